The Morgan fingerprint density at radius 1 is 1.21 bits per heavy atom. The van der Waals surface area contributed by atoms with Crippen molar-refractivity contribution in [3.63, 3.8) is 0 Å². The van der Waals surface area contributed by atoms with Crippen LogP contribution >= 0.6 is 0 Å². The van der Waals surface area contributed by atoms with Crippen LogP contribution in [-0.4, -0.2) is 68.3 Å². The number of benzene rings is 1. The van der Waals surface area contributed by atoms with Crippen molar-refractivity contribution in [2.45, 2.75) is 31.8 Å². The van der Waals surface area contributed by atoms with E-state index in [4.69, 9.17) is 9.47 Å². The molecule has 0 bridgehead atoms. The summed E-state index contributed by atoms with van der Waals surface area (Å²) in [6.07, 6.45) is 3.96. The monoisotopic (exact) mass is 332 g/mol. The van der Waals surface area contributed by atoms with Crippen LogP contribution in [0.3, 0.4) is 0 Å². The van der Waals surface area contributed by atoms with Crippen molar-refractivity contribution in [1.82, 2.24) is 9.80 Å². The lowest BCUT2D eigenvalue weighted by molar-refractivity contribution is -0.142. The maximum Gasteiger partial charge on any atom is 0.251 e. The molecule has 1 aromatic carbocycles. The molecule has 1 aromatic rings. The Bertz CT molecular complexity index is 518. The van der Waals surface area contributed by atoms with Crippen LogP contribution in [0.4, 0.5) is 0 Å². The fraction of sp³-hybridized carbons (Fsp3) is 0.632. The zero-order valence-corrected chi connectivity index (χ0v) is 14.6. The van der Waals surface area contributed by atoms with Crippen molar-refractivity contribution in [2.24, 2.45) is 0 Å². The number of aryl methyl sites for hydroxylation is 1. The van der Waals surface area contributed by atoms with E-state index in [1.54, 1.807) is 7.11 Å². The molecule has 0 spiro atoms. The number of rotatable bonds is 6. The Balaban J connectivity index is 1.35. The molecule has 5 nitrogen and oxygen atoms in total. The van der Waals surface area contributed by atoms with E-state index < -0.39 is 0 Å². The van der Waals surface area contributed by atoms with E-state index in [-0.39, 0.29) is 12.0 Å². The van der Waals surface area contributed by atoms with Crippen molar-refractivity contribution < 1.29 is 14.3 Å². The van der Waals surface area contributed by atoms with Crippen molar-refractivity contribution in [1.29, 1.82) is 0 Å². The summed E-state index contributed by atoms with van der Waals surface area (Å²) in [5.74, 6) is 1.11. The molecule has 0 aromatic heterocycles. The third-order valence-electron chi connectivity index (χ3n) is 4.99. The first-order valence-electron chi connectivity index (χ1n) is 9.02. The highest BCUT2D eigenvalue weighted by atomic mass is 16.5. The van der Waals surface area contributed by atoms with Gasteiger partial charge < -0.3 is 14.4 Å². The van der Waals surface area contributed by atoms with Gasteiger partial charge in [0.25, 0.3) is 5.91 Å². The van der Waals surface area contributed by atoms with Gasteiger partial charge in [-0.2, -0.15) is 0 Å². The number of piperazine rings is 1. The first-order chi connectivity index (χ1) is 11.8. The van der Waals surface area contributed by atoms with Crippen molar-refractivity contribution in [2.75, 3.05) is 46.4 Å². The number of hydrogen-bond donors (Lipinski definition) is 0. The van der Waals surface area contributed by atoms with E-state index in [0.717, 1.165) is 70.8 Å². The van der Waals surface area contributed by atoms with E-state index in [1.807, 2.05) is 17.0 Å². The summed E-state index contributed by atoms with van der Waals surface area (Å²) in [5.41, 5.74) is 1.35. The molecule has 2 saturated heterocycles. The zero-order valence-electron chi connectivity index (χ0n) is 14.6. The van der Waals surface area contributed by atoms with Crippen LogP contribution in [0.5, 0.6) is 5.75 Å². The Hall–Kier alpha value is -1.59. The normalized spacial score (nSPS) is 21.9. The highest BCUT2D eigenvalue weighted by molar-refractivity contribution is 5.81. The van der Waals surface area contributed by atoms with Crippen LogP contribution in [0.15, 0.2) is 24.3 Å². The average Bonchev–Trinajstić information content (AvgIpc) is 3.17. The largest absolute Gasteiger partial charge is 0.497 e. The van der Waals surface area contributed by atoms with Gasteiger partial charge in [-0.1, -0.05) is 12.1 Å². The van der Waals surface area contributed by atoms with Gasteiger partial charge in [0.1, 0.15) is 11.9 Å². The number of nitrogens with zero attached hydrogens (tertiary/aromatic N) is 2. The van der Waals surface area contributed by atoms with Crippen molar-refractivity contribution in [3.8, 4) is 5.75 Å². The Kier molecular flexibility index (Phi) is 6.10. The topological polar surface area (TPSA) is 42.0 Å². The van der Waals surface area contributed by atoms with Crippen LogP contribution in [0.1, 0.15) is 24.8 Å². The predicted octanol–water partition coefficient (Wildman–Crippen LogP) is 1.95. The lowest BCUT2D eigenvalue weighted by Gasteiger charge is -2.35. The molecule has 3 rings (SSSR count). The third-order valence-corrected chi connectivity index (χ3v) is 4.99. The lowest BCUT2D eigenvalue weighted by Crippen LogP contribution is -2.51. The summed E-state index contributed by atoms with van der Waals surface area (Å²) in [4.78, 5) is 16.8. The zero-order chi connectivity index (χ0) is 16.8. The highest BCUT2D eigenvalue weighted by Crippen LogP contribution is 2.16. The maximum absolute atomic E-state index is 12.3. The molecule has 0 N–H and O–H groups in total. The van der Waals surface area contributed by atoms with E-state index >= 15 is 0 Å². The van der Waals surface area contributed by atoms with Gasteiger partial charge in [0, 0.05) is 32.8 Å². The van der Waals surface area contributed by atoms with Crippen LogP contribution in [0.2, 0.25) is 0 Å². The van der Waals surface area contributed by atoms with Crippen LogP contribution in [-0.2, 0) is 16.0 Å². The smallest absolute Gasteiger partial charge is 0.251 e. The molecule has 2 heterocycles. The standard InChI is InChI=1S/C19H28N2O3/c1-23-17-8-6-16(7-9-17)4-2-10-20-11-13-21(14-12-20)19(22)18-5-3-15-24-18/h6-9,18H,2-5,10-15H2,1H3. The van der Waals surface area contributed by atoms with Gasteiger partial charge in [-0.3, -0.25) is 9.69 Å². The molecule has 0 aliphatic carbocycles. The Labute approximate surface area is 144 Å². The second-order valence-corrected chi connectivity index (χ2v) is 6.62. The van der Waals surface area contributed by atoms with E-state index in [9.17, 15) is 4.79 Å². The molecular weight excluding hydrogens is 304 g/mol. The minimum absolute atomic E-state index is 0.174. The average molecular weight is 332 g/mol. The van der Waals surface area contributed by atoms with Crippen molar-refractivity contribution in [3.05, 3.63) is 29.8 Å². The highest BCUT2D eigenvalue weighted by Gasteiger charge is 2.30. The minimum atomic E-state index is -0.174. The van der Waals surface area contributed by atoms with Gasteiger partial charge in [-0.25, -0.2) is 0 Å². The van der Waals surface area contributed by atoms with Gasteiger partial charge >= 0.3 is 0 Å². The van der Waals surface area contributed by atoms with E-state index in [2.05, 4.69) is 17.0 Å². The van der Waals surface area contributed by atoms with E-state index in [0.29, 0.717) is 0 Å². The first kappa shape index (κ1) is 17.2. The molecule has 2 fully saturated rings. The summed E-state index contributed by atoms with van der Waals surface area (Å²) >= 11 is 0. The third kappa shape index (κ3) is 4.48. The molecule has 0 radical (unpaired) electrons. The molecule has 132 valence electrons. The second-order valence-electron chi connectivity index (χ2n) is 6.62. The summed E-state index contributed by atoms with van der Waals surface area (Å²) in [7, 11) is 1.69. The van der Waals surface area contributed by atoms with Gasteiger partial charge in [-0.15, -0.1) is 0 Å². The Morgan fingerprint density at radius 2 is 1.96 bits per heavy atom. The van der Waals surface area contributed by atoms with Gasteiger partial charge in [0.05, 0.1) is 7.11 Å². The summed E-state index contributed by atoms with van der Waals surface area (Å²) in [6, 6.07) is 8.31. The molecule has 1 unspecified atom stereocenters. The van der Waals surface area contributed by atoms with E-state index in [1.165, 1.54) is 5.56 Å². The molecule has 0 saturated carbocycles. The second kappa shape index (κ2) is 8.49. The molecule has 24 heavy (non-hydrogen) atoms. The number of amides is 1. The minimum Gasteiger partial charge on any atom is -0.497 e. The van der Waals surface area contributed by atoms with Gasteiger partial charge in [-0.05, 0) is 49.9 Å². The Morgan fingerprint density at radius 3 is 2.58 bits per heavy atom. The summed E-state index contributed by atoms with van der Waals surface area (Å²) < 4.78 is 10.7. The molecule has 1 amide bonds. The number of ether oxygens (including phenoxy) is 2. The van der Waals surface area contributed by atoms with Gasteiger partial charge in [0.15, 0.2) is 0 Å². The number of carbonyl (C=O) groups is 1. The fourth-order valence-corrected chi connectivity index (χ4v) is 3.47. The van der Waals surface area contributed by atoms with Gasteiger partial charge in [0.2, 0.25) is 0 Å². The summed E-state index contributed by atoms with van der Waals surface area (Å²) in [5, 5.41) is 0. The van der Waals surface area contributed by atoms with Crippen LogP contribution in [0, 0.1) is 0 Å². The van der Waals surface area contributed by atoms with Crippen molar-refractivity contribution >= 4 is 5.91 Å². The molecule has 5 heteroatoms. The SMILES string of the molecule is COc1ccc(CCCN2CCN(C(=O)C3CCCO3)CC2)cc1. The van der Waals surface area contributed by atoms with Crippen LogP contribution in [0.25, 0.3) is 0 Å². The summed E-state index contributed by atoms with van der Waals surface area (Å²) in [6.45, 7) is 5.44. The number of hydrogen-bond acceptors (Lipinski definition) is 4. The molecule has 1 atom stereocenters. The number of carbonyl (C=O) groups excluding carboxylic acids is 1. The molecule has 2 aliphatic heterocycles. The first-order valence-corrected chi connectivity index (χ1v) is 9.02. The van der Waals surface area contributed by atoms with Crippen LogP contribution < -0.4 is 4.74 Å². The fourth-order valence-electron chi connectivity index (χ4n) is 3.47. The predicted molar refractivity (Wildman–Crippen MR) is 93.3 cm³/mol. The number of methoxy groups -OCH3 is 1. The quantitative estimate of drug-likeness (QED) is 0.798. The lowest BCUT2D eigenvalue weighted by atomic mass is 10.1. The molecular formula is C19H28N2O3. The maximum atomic E-state index is 12.3. The molecule has 2 aliphatic rings.